The van der Waals surface area contributed by atoms with Gasteiger partial charge in [0.25, 0.3) is 5.56 Å². The summed E-state index contributed by atoms with van der Waals surface area (Å²) < 4.78 is 2.42. The third-order valence-electron chi connectivity index (χ3n) is 6.73. The summed E-state index contributed by atoms with van der Waals surface area (Å²) in [5.74, 6) is 0.260. The van der Waals surface area contributed by atoms with E-state index in [1.165, 1.54) is 22.4 Å². The molecule has 2 heterocycles. The monoisotopic (exact) mass is 487 g/mol. The summed E-state index contributed by atoms with van der Waals surface area (Å²) in [6.07, 6.45) is 3.59. The quantitative estimate of drug-likeness (QED) is 0.456. The minimum absolute atomic E-state index is 0.112. The van der Waals surface area contributed by atoms with Crippen LogP contribution in [0.25, 0.3) is 0 Å². The highest BCUT2D eigenvalue weighted by molar-refractivity contribution is 5.98. The molecule has 188 valence electrons. The normalized spacial score (nSPS) is 14.2. The number of nitrogens with zero attached hydrogens (tertiary/aromatic N) is 3. The average Bonchev–Trinajstić information content (AvgIpc) is 2.88. The standard InChI is InChI=1S/C29H33N3O4/c1-21(2)18-22-8-10-24(11-9-22)28(35)25-12-15-30(16-13-25)27(34)20-32-26(33)14-17-31(29(32)36)19-23-6-4-3-5-7-23/h3-11,14,17,21,25H,12-13,15-16,18-20H2,1-2H3. The molecule has 4 rings (SSSR count). The van der Waals surface area contributed by atoms with Crippen molar-refractivity contribution in [2.24, 2.45) is 11.8 Å². The smallest absolute Gasteiger partial charge is 0.331 e. The van der Waals surface area contributed by atoms with Crippen molar-refractivity contribution < 1.29 is 9.59 Å². The Morgan fingerprint density at radius 2 is 1.56 bits per heavy atom. The second-order valence-electron chi connectivity index (χ2n) is 9.95. The molecule has 0 unspecified atom stereocenters. The van der Waals surface area contributed by atoms with E-state index < -0.39 is 11.2 Å². The molecule has 1 aliphatic heterocycles. The predicted molar refractivity (Wildman–Crippen MR) is 139 cm³/mol. The number of ketones is 1. The number of piperidine rings is 1. The molecule has 0 spiro atoms. The van der Waals surface area contributed by atoms with Gasteiger partial charge in [0.2, 0.25) is 5.91 Å². The molecule has 3 aromatic rings. The van der Waals surface area contributed by atoms with Crippen LogP contribution < -0.4 is 11.2 Å². The van der Waals surface area contributed by atoms with Crippen molar-refractivity contribution in [2.75, 3.05) is 13.1 Å². The number of hydrogen-bond acceptors (Lipinski definition) is 4. The van der Waals surface area contributed by atoms with Crippen molar-refractivity contribution >= 4 is 11.7 Å². The zero-order valence-electron chi connectivity index (χ0n) is 20.9. The van der Waals surface area contributed by atoms with Crippen molar-refractivity contribution in [3.05, 3.63) is 104 Å². The summed E-state index contributed by atoms with van der Waals surface area (Å²) in [7, 11) is 0. The number of benzene rings is 2. The summed E-state index contributed by atoms with van der Waals surface area (Å²) in [4.78, 5) is 52.9. The minimum Gasteiger partial charge on any atom is -0.341 e. The number of amides is 1. The summed E-state index contributed by atoms with van der Waals surface area (Å²) in [6, 6.07) is 18.6. The predicted octanol–water partition coefficient (Wildman–Crippen LogP) is 3.38. The largest absolute Gasteiger partial charge is 0.341 e. The van der Waals surface area contributed by atoms with Crippen molar-refractivity contribution in [3.8, 4) is 0 Å². The van der Waals surface area contributed by atoms with E-state index >= 15 is 0 Å². The highest BCUT2D eigenvalue weighted by Crippen LogP contribution is 2.22. The lowest BCUT2D eigenvalue weighted by Gasteiger charge is -2.31. The first-order chi connectivity index (χ1) is 17.3. The van der Waals surface area contributed by atoms with Crippen LogP contribution in [0.15, 0.2) is 76.4 Å². The van der Waals surface area contributed by atoms with Crippen LogP contribution in [0.5, 0.6) is 0 Å². The molecule has 1 fully saturated rings. The van der Waals surface area contributed by atoms with Crippen LogP contribution in [0.4, 0.5) is 0 Å². The molecule has 0 radical (unpaired) electrons. The molecule has 7 nitrogen and oxygen atoms in total. The Morgan fingerprint density at radius 3 is 2.19 bits per heavy atom. The van der Waals surface area contributed by atoms with Crippen LogP contribution in [0, 0.1) is 11.8 Å². The third-order valence-corrected chi connectivity index (χ3v) is 6.73. The maximum absolute atomic E-state index is 13.0. The maximum atomic E-state index is 13.0. The fourth-order valence-electron chi connectivity index (χ4n) is 4.74. The lowest BCUT2D eigenvalue weighted by atomic mass is 9.88. The Morgan fingerprint density at radius 1 is 0.889 bits per heavy atom. The number of carbonyl (C=O) groups is 2. The Balaban J connectivity index is 1.36. The van der Waals surface area contributed by atoms with Gasteiger partial charge in [-0.05, 0) is 36.3 Å². The zero-order valence-corrected chi connectivity index (χ0v) is 20.9. The Hall–Kier alpha value is -3.74. The molecule has 0 atom stereocenters. The first-order valence-electron chi connectivity index (χ1n) is 12.6. The van der Waals surface area contributed by atoms with Gasteiger partial charge >= 0.3 is 5.69 Å². The second kappa shape index (κ2) is 11.3. The summed E-state index contributed by atoms with van der Waals surface area (Å²) in [5, 5.41) is 0. The number of carbonyl (C=O) groups excluding carboxylic acids is 2. The molecule has 1 amide bonds. The van der Waals surface area contributed by atoms with Gasteiger partial charge in [0.1, 0.15) is 6.54 Å². The van der Waals surface area contributed by atoms with Gasteiger partial charge in [-0.25, -0.2) is 4.79 Å². The summed E-state index contributed by atoms with van der Waals surface area (Å²) in [6.45, 7) is 5.22. The lowest BCUT2D eigenvalue weighted by molar-refractivity contribution is -0.133. The topological polar surface area (TPSA) is 81.4 Å². The van der Waals surface area contributed by atoms with Crippen LogP contribution in [0.1, 0.15) is 48.2 Å². The molecular formula is C29H33N3O4. The number of aromatic nitrogens is 2. The molecule has 0 bridgehead atoms. The lowest BCUT2D eigenvalue weighted by Crippen LogP contribution is -2.46. The van der Waals surface area contributed by atoms with Gasteiger partial charge in [-0.2, -0.15) is 0 Å². The van der Waals surface area contributed by atoms with Crippen LogP contribution in [0.3, 0.4) is 0 Å². The van der Waals surface area contributed by atoms with Gasteiger partial charge in [-0.3, -0.25) is 23.5 Å². The highest BCUT2D eigenvalue weighted by Gasteiger charge is 2.28. The molecule has 7 heteroatoms. The Kier molecular flexibility index (Phi) is 7.98. The fourth-order valence-corrected chi connectivity index (χ4v) is 4.74. The maximum Gasteiger partial charge on any atom is 0.331 e. The number of hydrogen-bond donors (Lipinski definition) is 0. The van der Waals surface area contributed by atoms with E-state index in [0.717, 1.165) is 16.6 Å². The number of Topliss-reactive ketones (excluding diaryl/α,β-unsaturated/α-hetero) is 1. The van der Waals surface area contributed by atoms with Crippen molar-refractivity contribution in [1.82, 2.24) is 14.0 Å². The molecule has 0 N–H and O–H groups in total. The Labute approximate surface area is 211 Å². The molecule has 1 saturated heterocycles. The molecule has 1 aromatic heterocycles. The van der Waals surface area contributed by atoms with Gasteiger partial charge in [-0.1, -0.05) is 68.4 Å². The molecular weight excluding hydrogens is 454 g/mol. The first-order valence-corrected chi connectivity index (χ1v) is 12.6. The zero-order chi connectivity index (χ0) is 25.7. The van der Waals surface area contributed by atoms with E-state index in [1.54, 1.807) is 4.90 Å². The summed E-state index contributed by atoms with van der Waals surface area (Å²) in [5.41, 5.74) is 1.86. The van der Waals surface area contributed by atoms with Gasteiger partial charge in [-0.15, -0.1) is 0 Å². The SMILES string of the molecule is CC(C)Cc1ccc(C(=O)C2CCN(C(=O)Cn3c(=O)ccn(Cc4ccccc4)c3=O)CC2)cc1. The second-order valence-corrected chi connectivity index (χ2v) is 9.95. The summed E-state index contributed by atoms with van der Waals surface area (Å²) >= 11 is 0. The van der Waals surface area contributed by atoms with E-state index in [1.807, 2.05) is 54.6 Å². The molecule has 1 aliphatic rings. The molecule has 2 aromatic carbocycles. The van der Waals surface area contributed by atoms with Crippen molar-refractivity contribution in [2.45, 2.75) is 46.2 Å². The van der Waals surface area contributed by atoms with Crippen LogP contribution in [-0.2, 0) is 24.3 Å². The van der Waals surface area contributed by atoms with E-state index in [2.05, 4.69) is 13.8 Å². The van der Waals surface area contributed by atoms with Crippen LogP contribution in [-0.4, -0.2) is 38.8 Å². The Bertz CT molecular complexity index is 1320. The number of rotatable bonds is 8. The van der Waals surface area contributed by atoms with Crippen LogP contribution >= 0.6 is 0 Å². The van der Waals surface area contributed by atoms with Crippen molar-refractivity contribution in [1.29, 1.82) is 0 Å². The number of likely N-dealkylation sites (tertiary alicyclic amines) is 1. The van der Waals surface area contributed by atoms with Gasteiger partial charge < -0.3 is 4.90 Å². The van der Waals surface area contributed by atoms with Crippen molar-refractivity contribution in [3.63, 3.8) is 0 Å². The third kappa shape index (κ3) is 6.08. The van der Waals surface area contributed by atoms with Crippen LogP contribution in [0.2, 0.25) is 0 Å². The minimum atomic E-state index is -0.509. The average molecular weight is 488 g/mol. The molecule has 0 aliphatic carbocycles. The molecule has 36 heavy (non-hydrogen) atoms. The first kappa shape index (κ1) is 25.4. The van der Waals surface area contributed by atoms with E-state index in [-0.39, 0.29) is 24.2 Å². The highest BCUT2D eigenvalue weighted by atomic mass is 16.2. The van der Waals surface area contributed by atoms with E-state index in [0.29, 0.717) is 44.0 Å². The van der Waals surface area contributed by atoms with Gasteiger partial charge in [0, 0.05) is 36.8 Å². The molecule has 0 saturated carbocycles. The van der Waals surface area contributed by atoms with Gasteiger partial charge in [0.05, 0.1) is 6.54 Å². The van der Waals surface area contributed by atoms with E-state index in [4.69, 9.17) is 0 Å². The fraction of sp³-hybridized carbons (Fsp3) is 0.379. The van der Waals surface area contributed by atoms with E-state index in [9.17, 15) is 19.2 Å². The van der Waals surface area contributed by atoms with Gasteiger partial charge in [0.15, 0.2) is 5.78 Å².